The van der Waals surface area contributed by atoms with E-state index in [4.69, 9.17) is 5.11 Å². The molecular weight excluding hydrogens is 394 g/mol. The van der Waals surface area contributed by atoms with Gasteiger partial charge in [0.15, 0.2) is 0 Å². The number of hydrogen-bond donors (Lipinski definition) is 1. The minimum Gasteiger partial charge on any atom is -0.481 e. The summed E-state index contributed by atoms with van der Waals surface area (Å²) in [5.74, 6) is -1.02. The Morgan fingerprint density at radius 3 is 2.57 bits per heavy atom. The smallest absolute Gasteiger partial charge is 0.303 e. The normalized spacial score (nSPS) is 16.1. The Balaban J connectivity index is 1.77. The third-order valence-corrected chi connectivity index (χ3v) is 7.49. The number of benzene rings is 2. The van der Waals surface area contributed by atoms with Gasteiger partial charge >= 0.3 is 5.97 Å². The Kier molecular flexibility index (Phi) is 4.95. The molecule has 0 saturated carbocycles. The second-order valence-corrected chi connectivity index (χ2v) is 9.41. The Bertz CT molecular complexity index is 1090. The Hall–Kier alpha value is -2.64. The fourth-order valence-electron chi connectivity index (χ4n) is 3.61. The molecule has 1 aromatic heterocycles. The van der Waals surface area contributed by atoms with E-state index in [0.29, 0.717) is 12.1 Å². The zero-order valence-corrected chi connectivity index (χ0v) is 16.6. The number of thiophene rings is 1. The maximum absolute atomic E-state index is 13.2. The summed E-state index contributed by atoms with van der Waals surface area (Å²) in [6.07, 6.45) is 0.405. The van der Waals surface area contributed by atoms with Gasteiger partial charge in [-0.1, -0.05) is 24.3 Å². The van der Waals surface area contributed by atoms with Gasteiger partial charge < -0.3 is 5.11 Å². The fraction of sp³-hybridized carbons (Fsp3) is 0.190. The van der Waals surface area contributed by atoms with E-state index in [1.165, 1.54) is 4.31 Å². The van der Waals surface area contributed by atoms with Gasteiger partial charge in [-0.15, -0.1) is 0 Å². The topological polar surface area (TPSA) is 74.7 Å². The molecule has 2 heterocycles. The quantitative estimate of drug-likeness (QED) is 0.642. The molecule has 1 unspecified atom stereocenters. The number of sulfonamides is 1. The van der Waals surface area contributed by atoms with E-state index in [0.717, 1.165) is 16.7 Å². The van der Waals surface area contributed by atoms with Crippen molar-refractivity contribution in [2.45, 2.75) is 23.7 Å². The number of carboxylic acids is 1. The lowest BCUT2D eigenvalue weighted by atomic mass is 9.94. The number of carbonyl (C=O) groups is 1. The molecule has 0 spiro atoms. The number of nitrogens with zero attached hydrogens (tertiary/aromatic N) is 1. The highest BCUT2D eigenvalue weighted by atomic mass is 32.2. The highest BCUT2D eigenvalue weighted by Gasteiger charge is 2.36. The van der Waals surface area contributed by atoms with Crippen molar-refractivity contribution in [1.82, 2.24) is 0 Å². The standard InChI is InChI=1S/C21H19NO4S2/c23-21(24)9-7-16-13-22(28(25,26)18-4-2-1-3-5-18)20-8-6-15(12-19(16)20)17-10-11-27-14-17/h1-6,8,10-12,14,16H,7,9,13H2,(H,23,24). The summed E-state index contributed by atoms with van der Waals surface area (Å²) in [5.41, 5.74) is 3.62. The lowest BCUT2D eigenvalue weighted by molar-refractivity contribution is -0.137. The van der Waals surface area contributed by atoms with E-state index < -0.39 is 16.0 Å². The van der Waals surface area contributed by atoms with E-state index in [-0.39, 0.29) is 23.8 Å². The summed E-state index contributed by atoms with van der Waals surface area (Å²) in [6.45, 7) is 0.257. The van der Waals surface area contributed by atoms with Crippen LogP contribution in [0.5, 0.6) is 0 Å². The van der Waals surface area contributed by atoms with Crippen molar-refractivity contribution in [2.75, 3.05) is 10.8 Å². The maximum Gasteiger partial charge on any atom is 0.303 e. The number of rotatable bonds is 6. The molecule has 1 atom stereocenters. The van der Waals surface area contributed by atoms with E-state index in [1.807, 2.05) is 35.0 Å². The van der Waals surface area contributed by atoms with Gasteiger partial charge in [-0.3, -0.25) is 9.10 Å². The van der Waals surface area contributed by atoms with Gasteiger partial charge in [-0.2, -0.15) is 11.3 Å². The lowest BCUT2D eigenvalue weighted by Crippen LogP contribution is -2.30. The summed E-state index contributed by atoms with van der Waals surface area (Å²) in [7, 11) is -3.70. The first-order valence-electron chi connectivity index (χ1n) is 8.93. The van der Waals surface area contributed by atoms with Crippen LogP contribution in [0.1, 0.15) is 24.3 Å². The van der Waals surface area contributed by atoms with Crippen molar-refractivity contribution in [3.63, 3.8) is 0 Å². The van der Waals surface area contributed by atoms with Crippen LogP contribution in [0, 0.1) is 0 Å². The highest BCUT2D eigenvalue weighted by molar-refractivity contribution is 7.92. The highest BCUT2D eigenvalue weighted by Crippen LogP contribution is 2.43. The van der Waals surface area contributed by atoms with Crippen molar-refractivity contribution in [3.05, 3.63) is 70.9 Å². The van der Waals surface area contributed by atoms with Gasteiger partial charge in [0, 0.05) is 18.9 Å². The largest absolute Gasteiger partial charge is 0.481 e. The molecule has 144 valence electrons. The van der Waals surface area contributed by atoms with Crippen LogP contribution >= 0.6 is 11.3 Å². The zero-order valence-electron chi connectivity index (χ0n) is 15.0. The van der Waals surface area contributed by atoms with Crippen molar-refractivity contribution in [3.8, 4) is 11.1 Å². The van der Waals surface area contributed by atoms with Crippen molar-refractivity contribution >= 4 is 33.0 Å². The molecule has 0 aliphatic carbocycles. The summed E-state index contributed by atoms with van der Waals surface area (Å²) in [5, 5.41) is 13.1. The maximum atomic E-state index is 13.2. The van der Waals surface area contributed by atoms with E-state index in [1.54, 1.807) is 41.7 Å². The van der Waals surface area contributed by atoms with E-state index >= 15 is 0 Å². The van der Waals surface area contributed by atoms with Gasteiger partial charge in [-0.25, -0.2) is 8.42 Å². The van der Waals surface area contributed by atoms with Crippen LogP contribution in [0.25, 0.3) is 11.1 Å². The predicted molar refractivity (Wildman–Crippen MR) is 110 cm³/mol. The first kappa shape index (κ1) is 18.7. The molecule has 0 fully saturated rings. The van der Waals surface area contributed by atoms with E-state index in [2.05, 4.69) is 0 Å². The molecule has 4 rings (SSSR count). The SMILES string of the molecule is O=C(O)CCC1CN(S(=O)(=O)c2ccccc2)c2ccc(-c3ccsc3)cc21. The molecule has 1 N–H and O–H groups in total. The summed E-state index contributed by atoms with van der Waals surface area (Å²) < 4.78 is 27.8. The summed E-state index contributed by atoms with van der Waals surface area (Å²) in [6, 6.07) is 16.1. The van der Waals surface area contributed by atoms with Gasteiger partial charge in [0.05, 0.1) is 10.6 Å². The summed E-state index contributed by atoms with van der Waals surface area (Å²) >= 11 is 1.60. The minimum absolute atomic E-state index is 0.00596. The van der Waals surface area contributed by atoms with Crippen LogP contribution in [-0.4, -0.2) is 26.0 Å². The second kappa shape index (κ2) is 7.41. The van der Waals surface area contributed by atoms with Crippen LogP contribution in [0.15, 0.2) is 70.3 Å². The summed E-state index contributed by atoms with van der Waals surface area (Å²) in [4.78, 5) is 11.3. The molecule has 0 radical (unpaired) electrons. The number of aliphatic carboxylic acids is 1. The molecule has 0 saturated heterocycles. The predicted octanol–water partition coefficient (Wildman–Crippen LogP) is 4.57. The van der Waals surface area contributed by atoms with Gasteiger partial charge in [0.1, 0.15) is 0 Å². The number of anilines is 1. The first-order valence-corrected chi connectivity index (χ1v) is 11.3. The monoisotopic (exact) mass is 413 g/mol. The fourth-order valence-corrected chi connectivity index (χ4v) is 5.83. The molecule has 0 amide bonds. The minimum atomic E-state index is -3.70. The van der Waals surface area contributed by atoms with Crippen LogP contribution in [0.4, 0.5) is 5.69 Å². The van der Waals surface area contributed by atoms with Gasteiger partial charge in [-0.05, 0) is 64.2 Å². The van der Waals surface area contributed by atoms with Crippen molar-refractivity contribution < 1.29 is 18.3 Å². The van der Waals surface area contributed by atoms with Gasteiger partial charge in [0.2, 0.25) is 0 Å². The van der Waals surface area contributed by atoms with Gasteiger partial charge in [0.25, 0.3) is 10.0 Å². The molecular formula is C21H19NO4S2. The average molecular weight is 414 g/mol. The molecule has 1 aliphatic rings. The number of fused-ring (bicyclic) bond motifs is 1. The Morgan fingerprint density at radius 2 is 1.89 bits per heavy atom. The molecule has 7 heteroatoms. The zero-order chi connectivity index (χ0) is 19.7. The second-order valence-electron chi connectivity index (χ2n) is 6.76. The average Bonchev–Trinajstić information content (AvgIpc) is 3.35. The molecule has 2 aromatic carbocycles. The first-order chi connectivity index (χ1) is 13.5. The molecule has 3 aromatic rings. The third kappa shape index (κ3) is 3.43. The molecule has 0 bridgehead atoms. The number of hydrogen-bond acceptors (Lipinski definition) is 4. The lowest BCUT2D eigenvalue weighted by Gasteiger charge is -2.20. The van der Waals surface area contributed by atoms with Crippen LogP contribution in [0.2, 0.25) is 0 Å². The van der Waals surface area contributed by atoms with Crippen molar-refractivity contribution in [2.24, 2.45) is 0 Å². The van der Waals surface area contributed by atoms with E-state index in [9.17, 15) is 13.2 Å². The molecule has 1 aliphatic heterocycles. The Labute approximate surface area is 167 Å². The van der Waals surface area contributed by atoms with Crippen molar-refractivity contribution in [1.29, 1.82) is 0 Å². The van der Waals surface area contributed by atoms with Crippen LogP contribution in [0.3, 0.4) is 0 Å². The third-order valence-electron chi connectivity index (χ3n) is 5.01. The molecule has 28 heavy (non-hydrogen) atoms. The Morgan fingerprint density at radius 1 is 1.11 bits per heavy atom. The number of carboxylic acid groups (broad SMARTS) is 1. The van der Waals surface area contributed by atoms with Crippen LogP contribution < -0.4 is 4.31 Å². The van der Waals surface area contributed by atoms with Crippen LogP contribution in [-0.2, 0) is 14.8 Å². The molecule has 5 nitrogen and oxygen atoms in total.